The summed E-state index contributed by atoms with van der Waals surface area (Å²) in [4.78, 5) is 25.5. The lowest BCUT2D eigenvalue weighted by molar-refractivity contribution is -0.148. The second kappa shape index (κ2) is 8.00. The van der Waals surface area contributed by atoms with Crippen molar-refractivity contribution in [3.63, 3.8) is 0 Å². The summed E-state index contributed by atoms with van der Waals surface area (Å²) in [7, 11) is 0. The quantitative estimate of drug-likeness (QED) is 0.585. The molecule has 3 unspecified atom stereocenters. The third kappa shape index (κ3) is 4.10. The number of nitrogens with one attached hydrogen (secondary N) is 1. The first-order valence-electron chi connectivity index (χ1n) is 9.35. The van der Waals surface area contributed by atoms with Gasteiger partial charge in [-0.05, 0) is 43.4 Å². The molecule has 2 fully saturated rings. The number of amides is 2. The highest BCUT2D eigenvalue weighted by atomic mass is 19.1. The highest BCUT2D eigenvalue weighted by molar-refractivity contribution is 5.86. The maximum Gasteiger partial charge on any atom is 0.407 e. The van der Waals surface area contributed by atoms with Crippen molar-refractivity contribution in [1.82, 2.24) is 10.2 Å². The summed E-state index contributed by atoms with van der Waals surface area (Å²) in [6.07, 6.45) is 0.573. The van der Waals surface area contributed by atoms with E-state index in [-0.39, 0.29) is 31.4 Å². The fourth-order valence-corrected chi connectivity index (χ4v) is 4.41. The Balaban J connectivity index is 1.77. The van der Waals surface area contributed by atoms with Gasteiger partial charge in [-0.15, -0.1) is 0 Å². The molecule has 154 valence electrons. The molecule has 2 saturated heterocycles. The molecule has 0 aliphatic carbocycles. The Morgan fingerprint density at radius 3 is 2.25 bits per heavy atom. The number of benzene rings is 1. The number of fused-ring (bicyclic) bond motifs is 2. The van der Waals surface area contributed by atoms with Gasteiger partial charge in [-0.3, -0.25) is 4.79 Å². The molecule has 7 nitrogen and oxygen atoms in total. The van der Waals surface area contributed by atoms with Gasteiger partial charge >= 0.3 is 6.09 Å². The van der Waals surface area contributed by atoms with Gasteiger partial charge in [0.25, 0.3) is 5.91 Å². The van der Waals surface area contributed by atoms with Crippen LogP contribution in [0.25, 0.3) is 0 Å². The van der Waals surface area contributed by atoms with Crippen LogP contribution in [0.4, 0.5) is 13.6 Å². The number of rotatable bonds is 6. The smallest absolute Gasteiger partial charge is 0.407 e. The summed E-state index contributed by atoms with van der Waals surface area (Å²) >= 11 is 0. The predicted molar refractivity (Wildman–Crippen MR) is 94.4 cm³/mol. The van der Waals surface area contributed by atoms with Gasteiger partial charge in [0.05, 0.1) is 6.04 Å². The van der Waals surface area contributed by atoms with Crippen molar-refractivity contribution in [1.29, 1.82) is 0 Å². The number of aliphatic hydroxyl groups excluding tert-OH is 1. The number of carbonyl (C=O) groups is 2. The van der Waals surface area contributed by atoms with E-state index in [9.17, 15) is 28.6 Å². The van der Waals surface area contributed by atoms with Crippen molar-refractivity contribution >= 4 is 12.0 Å². The van der Waals surface area contributed by atoms with Gasteiger partial charge < -0.3 is 25.5 Å². The number of aliphatic hydroxyl groups is 2. The average Bonchev–Trinajstić information content (AvgIpc) is 2.90. The molecule has 1 aromatic carbocycles. The molecule has 0 saturated carbocycles. The third-order valence-electron chi connectivity index (χ3n) is 5.65. The molecular formula is C19H24F2N2O5. The van der Waals surface area contributed by atoms with Crippen molar-refractivity contribution < 1.29 is 33.7 Å². The Kier molecular flexibility index (Phi) is 5.85. The summed E-state index contributed by atoms with van der Waals surface area (Å²) in [5, 5.41) is 32.0. The van der Waals surface area contributed by atoms with Crippen LogP contribution in [0.3, 0.4) is 0 Å². The van der Waals surface area contributed by atoms with Gasteiger partial charge in [-0.25, -0.2) is 13.6 Å². The Morgan fingerprint density at radius 1 is 1.18 bits per heavy atom. The first-order valence-corrected chi connectivity index (χ1v) is 9.35. The van der Waals surface area contributed by atoms with Crippen molar-refractivity contribution in [2.45, 2.75) is 62.3 Å². The van der Waals surface area contributed by atoms with Crippen LogP contribution in [-0.4, -0.2) is 56.5 Å². The van der Waals surface area contributed by atoms with Gasteiger partial charge in [-0.2, -0.15) is 0 Å². The van der Waals surface area contributed by atoms with E-state index in [0.29, 0.717) is 19.3 Å². The van der Waals surface area contributed by atoms with Crippen molar-refractivity contribution in [3.8, 4) is 0 Å². The number of piperidine rings is 1. The van der Waals surface area contributed by atoms with E-state index < -0.39 is 47.4 Å². The lowest BCUT2D eigenvalue weighted by atomic mass is 9.85. The van der Waals surface area contributed by atoms with E-state index in [1.807, 2.05) is 0 Å². The van der Waals surface area contributed by atoms with Crippen LogP contribution < -0.4 is 5.32 Å². The summed E-state index contributed by atoms with van der Waals surface area (Å²) in [5.41, 5.74) is -1.55. The van der Waals surface area contributed by atoms with Gasteiger partial charge in [0, 0.05) is 37.6 Å². The molecular weight excluding hydrogens is 374 g/mol. The molecule has 0 radical (unpaired) electrons. The van der Waals surface area contributed by atoms with E-state index in [2.05, 4.69) is 5.32 Å². The number of carbonyl (C=O) groups excluding carboxylic acids is 1. The topological polar surface area (TPSA) is 110 Å². The minimum absolute atomic E-state index is 0.0220. The summed E-state index contributed by atoms with van der Waals surface area (Å²) in [6.45, 7) is -0.161. The third-order valence-corrected chi connectivity index (χ3v) is 5.65. The second-order valence-corrected chi connectivity index (χ2v) is 7.61. The average molecular weight is 398 g/mol. The van der Waals surface area contributed by atoms with Crippen LogP contribution in [0.15, 0.2) is 18.2 Å². The van der Waals surface area contributed by atoms with Crippen LogP contribution in [-0.2, 0) is 4.79 Å². The molecule has 1 aromatic rings. The molecule has 2 amide bonds. The number of hydrogen-bond donors (Lipinski definition) is 4. The fraction of sp³-hybridized carbons (Fsp3) is 0.579. The molecule has 28 heavy (non-hydrogen) atoms. The van der Waals surface area contributed by atoms with Crippen LogP contribution in [0, 0.1) is 11.6 Å². The van der Waals surface area contributed by atoms with Crippen LogP contribution in [0.5, 0.6) is 0 Å². The largest absolute Gasteiger partial charge is 0.465 e. The van der Waals surface area contributed by atoms with Gasteiger partial charge in [0.1, 0.15) is 17.2 Å². The van der Waals surface area contributed by atoms with E-state index in [0.717, 1.165) is 18.2 Å². The minimum atomic E-state index is -1.75. The lowest BCUT2D eigenvalue weighted by Gasteiger charge is -2.41. The SMILES string of the molecule is O=C(O)N1C2CCC1CC(O)(C(=O)NC(CCCO)c1cc(F)cc(F)c1)C2. The number of halogens is 2. The zero-order valence-corrected chi connectivity index (χ0v) is 15.3. The molecule has 3 atom stereocenters. The summed E-state index contributed by atoms with van der Waals surface area (Å²) in [5.74, 6) is -2.27. The molecule has 2 heterocycles. The Hall–Kier alpha value is -2.26. The van der Waals surface area contributed by atoms with Crippen LogP contribution in [0.2, 0.25) is 0 Å². The first kappa shape index (κ1) is 20.5. The van der Waals surface area contributed by atoms with Gasteiger partial charge in [0.2, 0.25) is 0 Å². The highest BCUT2D eigenvalue weighted by Crippen LogP contribution is 2.41. The Morgan fingerprint density at radius 2 is 1.75 bits per heavy atom. The molecule has 0 aromatic heterocycles. The first-order chi connectivity index (χ1) is 13.2. The van der Waals surface area contributed by atoms with E-state index in [1.54, 1.807) is 0 Å². The lowest BCUT2D eigenvalue weighted by Crippen LogP contribution is -2.59. The van der Waals surface area contributed by atoms with E-state index >= 15 is 0 Å². The van der Waals surface area contributed by atoms with Gasteiger partial charge in [-0.1, -0.05) is 0 Å². The number of nitrogens with zero attached hydrogens (tertiary/aromatic N) is 1. The summed E-state index contributed by atoms with van der Waals surface area (Å²) < 4.78 is 27.2. The predicted octanol–water partition coefficient (Wildman–Crippen LogP) is 1.93. The highest BCUT2D eigenvalue weighted by Gasteiger charge is 2.53. The van der Waals surface area contributed by atoms with Crippen molar-refractivity contribution in [3.05, 3.63) is 35.4 Å². The zero-order valence-electron chi connectivity index (χ0n) is 15.3. The van der Waals surface area contributed by atoms with Gasteiger partial charge in [0.15, 0.2) is 0 Å². The van der Waals surface area contributed by atoms with Crippen molar-refractivity contribution in [2.24, 2.45) is 0 Å². The van der Waals surface area contributed by atoms with E-state index in [4.69, 9.17) is 5.11 Å². The standard InChI is InChI=1S/C19H24F2N2O5/c20-12-6-11(7-13(21)8-12)16(2-1-5-24)22-17(25)19(28)9-14-3-4-15(10-19)23(14)18(26)27/h6-8,14-16,24,28H,1-5,9-10H2,(H,22,25)(H,26,27). The van der Waals surface area contributed by atoms with Crippen molar-refractivity contribution in [2.75, 3.05) is 6.61 Å². The monoisotopic (exact) mass is 398 g/mol. The Labute approximate surface area is 161 Å². The number of hydrogen-bond acceptors (Lipinski definition) is 4. The zero-order chi connectivity index (χ0) is 20.5. The molecule has 9 heteroatoms. The summed E-state index contributed by atoms with van der Waals surface area (Å²) in [6, 6.07) is 1.27. The Bertz CT molecular complexity index is 726. The fourth-order valence-electron chi connectivity index (χ4n) is 4.41. The maximum absolute atomic E-state index is 13.6. The molecule has 4 N–H and O–H groups in total. The van der Waals surface area contributed by atoms with Crippen LogP contribution in [0.1, 0.15) is 50.1 Å². The number of carboxylic acid groups (broad SMARTS) is 1. The van der Waals surface area contributed by atoms with Crippen LogP contribution >= 0.6 is 0 Å². The van der Waals surface area contributed by atoms with E-state index in [1.165, 1.54) is 4.90 Å². The normalized spacial score (nSPS) is 27.5. The minimum Gasteiger partial charge on any atom is -0.465 e. The molecule has 3 rings (SSSR count). The molecule has 0 spiro atoms. The second-order valence-electron chi connectivity index (χ2n) is 7.61. The molecule has 2 aliphatic rings. The maximum atomic E-state index is 13.6. The molecule has 2 bridgehead atoms. The molecule has 2 aliphatic heterocycles.